The Morgan fingerprint density at radius 2 is 2.04 bits per heavy atom. The highest BCUT2D eigenvalue weighted by atomic mass is 19.1. The van der Waals surface area contributed by atoms with E-state index in [4.69, 9.17) is 5.26 Å². The summed E-state index contributed by atoms with van der Waals surface area (Å²) in [6.45, 7) is -0.325. The van der Waals surface area contributed by atoms with Crippen molar-refractivity contribution < 1.29 is 4.39 Å². The second-order valence-corrected chi connectivity index (χ2v) is 6.31. The van der Waals surface area contributed by atoms with E-state index in [0.29, 0.717) is 11.9 Å². The van der Waals surface area contributed by atoms with Crippen LogP contribution in [0, 0.1) is 11.5 Å². The maximum absolute atomic E-state index is 12.3. The molecule has 5 heteroatoms. The van der Waals surface area contributed by atoms with Crippen molar-refractivity contribution in [3.8, 4) is 6.19 Å². The summed E-state index contributed by atoms with van der Waals surface area (Å²) in [5, 5.41) is 14.9. The van der Waals surface area contributed by atoms with E-state index in [9.17, 15) is 4.39 Å². The Balaban J connectivity index is 1.77. The summed E-state index contributed by atoms with van der Waals surface area (Å²) < 4.78 is 12.3. The first kappa shape index (κ1) is 15.8. The Bertz CT molecular complexity index is 614. The van der Waals surface area contributed by atoms with Crippen molar-refractivity contribution in [2.45, 2.75) is 50.5 Å². The fourth-order valence-corrected chi connectivity index (χ4v) is 3.96. The summed E-state index contributed by atoms with van der Waals surface area (Å²) >= 11 is 0. The average molecular weight is 314 g/mol. The highest BCUT2D eigenvalue weighted by Gasteiger charge is 2.28. The molecular formula is C18H23FN4. The highest BCUT2D eigenvalue weighted by Crippen LogP contribution is 2.41. The number of hydrogen-bond acceptors (Lipinski definition) is 2. The first-order chi connectivity index (χ1) is 11.3. The first-order valence-corrected chi connectivity index (χ1v) is 8.48. The number of aliphatic imine (C=N–C) groups is 1. The Morgan fingerprint density at radius 3 is 2.78 bits per heavy atom. The van der Waals surface area contributed by atoms with Gasteiger partial charge in [-0.2, -0.15) is 5.26 Å². The lowest BCUT2D eigenvalue weighted by Crippen LogP contribution is -2.39. The van der Waals surface area contributed by atoms with E-state index in [-0.39, 0.29) is 12.6 Å². The number of halogens is 1. The van der Waals surface area contributed by atoms with Crippen molar-refractivity contribution in [2.75, 3.05) is 13.2 Å². The van der Waals surface area contributed by atoms with E-state index in [1.54, 1.807) is 6.19 Å². The van der Waals surface area contributed by atoms with Gasteiger partial charge in [0.05, 0.1) is 6.04 Å². The van der Waals surface area contributed by atoms with Crippen molar-refractivity contribution in [3.05, 3.63) is 34.9 Å². The number of alkyl halides is 1. The lowest BCUT2D eigenvalue weighted by atomic mass is 9.91. The molecule has 0 unspecified atom stereocenters. The number of nitrogens with zero attached hydrogens (tertiary/aromatic N) is 2. The second kappa shape index (κ2) is 7.45. The van der Waals surface area contributed by atoms with E-state index in [1.807, 2.05) is 0 Å². The third kappa shape index (κ3) is 3.47. The Labute approximate surface area is 136 Å². The Kier molecular flexibility index (Phi) is 5.12. The topological polar surface area (TPSA) is 60.2 Å². The summed E-state index contributed by atoms with van der Waals surface area (Å²) in [7, 11) is 0. The zero-order valence-electron chi connectivity index (χ0n) is 13.3. The number of guanidine groups is 1. The van der Waals surface area contributed by atoms with Gasteiger partial charge in [0.25, 0.3) is 0 Å². The van der Waals surface area contributed by atoms with Crippen LogP contribution in [0.3, 0.4) is 0 Å². The first-order valence-electron chi connectivity index (χ1n) is 8.48. The quantitative estimate of drug-likeness (QED) is 0.509. The van der Waals surface area contributed by atoms with E-state index < -0.39 is 6.67 Å². The van der Waals surface area contributed by atoms with Gasteiger partial charge in [0.2, 0.25) is 12.2 Å². The third-order valence-electron chi connectivity index (χ3n) is 4.96. The number of rotatable bonds is 4. The predicted molar refractivity (Wildman–Crippen MR) is 88.9 cm³/mol. The van der Waals surface area contributed by atoms with Crippen LogP contribution in [0.1, 0.15) is 60.8 Å². The smallest absolute Gasteiger partial charge is 0.209 e. The molecule has 0 radical (unpaired) electrons. The van der Waals surface area contributed by atoms with Crippen molar-refractivity contribution in [1.82, 2.24) is 10.6 Å². The van der Waals surface area contributed by atoms with Gasteiger partial charge in [-0.25, -0.2) is 4.39 Å². The van der Waals surface area contributed by atoms with Crippen LogP contribution in [0.15, 0.2) is 23.2 Å². The van der Waals surface area contributed by atoms with Crippen molar-refractivity contribution in [2.24, 2.45) is 4.99 Å². The average Bonchev–Trinajstić information content (AvgIpc) is 3.23. The van der Waals surface area contributed by atoms with Crippen LogP contribution in [0.4, 0.5) is 4.39 Å². The molecule has 0 spiro atoms. The molecule has 4 nitrogen and oxygen atoms in total. The minimum atomic E-state index is -0.487. The van der Waals surface area contributed by atoms with E-state index in [1.165, 1.54) is 42.4 Å². The van der Waals surface area contributed by atoms with Crippen LogP contribution < -0.4 is 10.6 Å². The third-order valence-corrected chi connectivity index (χ3v) is 4.96. The molecule has 1 atom stereocenters. The van der Waals surface area contributed by atoms with Crippen LogP contribution in [0.25, 0.3) is 0 Å². The maximum atomic E-state index is 12.3. The molecule has 1 aromatic rings. The van der Waals surface area contributed by atoms with Crippen molar-refractivity contribution in [3.63, 3.8) is 0 Å². The summed E-state index contributed by atoms with van der Waals surface area (Å²) in [5.74, 6) is 1.08. The predicted octanol–water partition coefficient (Wildman–Crippen LogP) is 3.32. The Hall–Kier alpha value is -2.09. The second-order valence-electron chi connectivity index (χ2n) is 6.31. The standard InChI is InChI=1S/C18H23FN4/c19-10-11-21-18(22-12-20)23-17-9-8-15-14(6-3-7-16(15)17)13-4-1-2-5-13/h3,6-7,13,17H,1-2,4-5,8-11H2,(H2,21,22,23)/t17-/m0/s1. The number of nitrogens with one attached hydrogen (secondary N) is 2. The van der Waals surface area contributed by atoms with Gasteiger partial charge < -0.3 is 10.6 Å². The van der Waals surface area contributed by atoms with Gasteiger partial charge in [-0.05, 0) is 48.3 Å². The van der Waals surface area contributed by atoms with Gasteiger partial charge in [0, 0.05) is 6.54 Å². The monoisotopic (exact) mass is 314 g/mol. The molecule has 0 heterocycles. The van der Waals surface area contributed by atoms with Crippen molar-refractivity contribution >= 4 is 5.96 Å². The molecule has 0 bridgehead atoms. The zero-order valence-corrected chi connectivity index (χ0v) is 13.3. The summed E-state index contributed by atoms with van der Waals surface area (Å²) in [4.78, 5) is 3.73. The molecule has 1 saturated carbocycles. The lowest BCUT2D eigenvalue weighted by Gasteiger charge is -2.19. The normalized spacial score (nSPS) is 21.0. The fourth-order valence-electron chi connectivity index (χ4n) is 3.96. The van der Waals surface area contributed by atoms with Gasteiger partial charge in [-0.3, -0.25) is 0 Å². The fraction of sp³-hybridized carbons (Fsp3) is 0.556. The number of fused-ring (bicyclic) bond motifs is 1. The van der Waals surface area contributed by atoms with E-state index in [0.717, 1.165) is 12.8 Å². The van der Waals surface area contributed by atoms with Gasteiger partial charge in [-0.1, -0.05) is 31.0 Å². The number of nitriles is 1. The van der Waals surface area contributed by atoms with Crippen LogP contribution in [0.2, 0.25) is 0 Å². The summed E-state index contributed by atoms with van der Waals surface area (Å²) in [5.41, 5.74) is 4.29. The highest BCUT2D eigenvalue weighted by molar-refractivity contribution is 5.81. The van der Waals surface area contributed by atoms with Gasteiger partial charge in [0.15, 0.2) is 0 Å². The minimum Gasteiger partial charge on any atom is -0.353 e. The largest absolute Gasteiger partial charge is 0.353 e. The summed E-state index contributed by atoms with van der Waals surface area (Å²) in [6, 6.07) is 6.73. The minimum absolute atomic E-state index is 0.144. The molecule has 23 heavy (non-hydrogen) atoms. The van der Waals surface area contributed by atoms with E-state index in [2.05, 4.69) is 33.8 Å². The van der Waals surface area contributed by atoms with Gasteiger partial charge >= 0.3 is 0 Å². The molecule has 2 aliphatic rings. The molecule has 2 N–H and O–H groups in total. The van der Waals surface area contributed by atoms with Gasteiger partial charge in [0.1, 0.15) is 6.67 Å². The SMILES string of the molecule is N#C/N=C(/NCCF)N[C@H]1CCc2c(C3CCCC3)cccc21. The molecule has 0 amide bonds. The van der Waals surface area contributed by atoms with Gasteiger partial charge in [-0.15, -0.1) is 4.99 Å². The number of benzene rings is 1. The molecule has 122 valence electrons. The molecule has 2 aliphatic carbocycles. The van der Waals surface area contributed by atoms with Crippen LogP contribution >= 0.6 is 0 Å². The zero-order chi connectivity index (χ0) is 16.1. The van der Waals surface area contributed by atoms with E-state index >= 15 is 0 Å². The lowest BCUT2D eigenvalue weighted by molar-refractivity contribution is 0.487. The maximum Gasteiger partial charge on any atom is 0.209 e. The molecule has 1 fully saturated rings. The molecule has 0 aliphatic heterocycles. The van der Waals surface area contributed by atoms with Crippen molar-refractivity contribution in [1.29, 1.82) is 5.26 Å². The molecule has 3 rings (SSSR count). The molecular weight excluding hydrogens is 291 g/mol. The van der Waals surface area contributed by atoms with Crippen LogP contribution in [-0.4, -0.2) is 19.2 Å². The molecule has 1 aromatic carbocycles. The van der Waals surface area contributed by atoms with Crippen LogP contribution in [0.5, 0.6) is 0 Å². The molecule has 0 aromatic heterocycles. The Morgan fingerprint density at radius 1 is 1.26 bits per heavy atom. The summed E-state index contributed by atoms with van der Waals surface area (Å²) in [6.07, 6.45) is 9.09. The molecule has 0 saturated heterocycles. The van der Waals surface area contributed by atoms with Crippen LogP contribution in [-0.2, 0) is 6.42 Å². The number of hydrogen-bond donors (Lipinski definition) is 2.